The summed E-state index contributed by atoms with van der Waals surface area (Å²) in [4.78, 5) is 17.5. The number of ether oxygens (including phenoxy) is 1. The maximum Gasteiger partial charge on any atom is 0.243 e. The number of methoxy groups -OCH3 is 1. The molecule has 7 nitrogen and oxygen atoms in total. The molecular formula is C24H27N3O4S2. The highest BCUT2D eigenvalue weighted by Gasteiger charge is 2.33. The van der Waals surface area contributed by atoms with Gasteiger partial charge in [0.1, 0.15) is 5.75 Å². The lowest BCUT2D eigenvalue weighted by atomic mass is 9.98. The van der Waals surface area contributed by atoms with Crippen LogP contribution in [0.1, 0.15) is 23.4 Å². The van der Waals surface area contributed by atoms with Gasteiger partial charge in [0.2, 0.25) is 15.9 Å². The molecule has 0 aliphatic carbocycles. The van der Waals surface area contributed by atoms with Crippen molar-refractivity contribution < 1.29 is 17.9 Å². The molecule has 0 radical (unpaired) electrons. The van der Waals surface area contributed by atoms with Crippen molar-refractivity contribution >= 4 is 27.3 Å². The molecule has 9 heteroatoms. The molecule has 1 atom stereocenters. The van der Waals surface area contributed by atoms with Crippen molar-refractivity contribution in [1.82, 2.24) is 14.6 Å². The second kappa shape index (κ2) is 10.0. The molecule has 1 amide bonds. The molecule has 1 aliphatic heterocycles. The molecule has 1 fully saturated rings. The number of piperidine rings is 1. The first-order chi connectivity index (χ1) is 15.9. The molecule has 174 valence electrons. The van der Waals surface area contributed by atoms with E-state index in [2.05, 4.69) is 10.3 Å². The zero-order valence-corrected chi connectivity index (χ0v) is 20.3. The Morgan fingerprint density at radius 3 is 2.55 bits per heavy atom. The minimum Gasteiger partial charge on any atom is -0.497 e. The SMILES string of the molecule is COc1ccc(S(=O)(=O)N2CCCC(C(=O)NCc3ccc(-c4csc(C)n4)cc3)C2)cc1. The van der Waals surface area contributed by atoms with Crippen molar-refractivity contribution in [1.29, 1.82) is 0 Å². The molecule has 3 aromatic rings. The van der Waals surface area contributed by atoms with Crippen molar-refractivity contribution in [2.75, 3.05) is 20.2 Å². The van der Waals surface area contributed by atoms with Crippen LogP contribution in [0.4, 0.5) is 0 Å². The number of amides is 1. The van der Waals surface area contributed by atoms with E-state index in [9.17, 15) is 13.2 Å². The van der Waals surface area contributed by atoms with E-state index in [4.69, 9.17) is 4.74 Å². The van der Waals surface area contributed by atoms with Gasteiger partial charge in [-0.2, -0.15) is 4.31 Å². The van der Waals surface area contributed by atoms with Gasteiger partial charge in [0, 0.05) is 30.6 Å². The maximum atomic E-state index is 13.0. The van der Waals surface area contributed by atoms with Crippen LogP contribution in [0.2, 0.25) is 0 Å². The lowest BCUT2D eigenvalue weighted by Gasteiger charge is -2.31. The number of nitrogens with one attached hydrogen (secondary N) is 1. The number of aromatic nitrogens is 1. The molecule has 1 unspecified atom stereocenters. The topological polar surface area (TPSA) is 88.6 Å². The number of hydrogen-bond donors (Lipinski definition) is 1. The second-order valence-electron chi connectivity index (χ2n) is 8.04. The molecule has 1 saturated heterocycles. The van der Waals surface area contributed by atoms with Gasteiger partial charge in [0.15, 0.2) is 0 Å². The first-order valence-electron chi connectivity index (χ1n) is 10.8. The average Bonchev–Trinajstić information content (AvgIpc) is 3.29. The van der Waals surface area contributed by atoms with E-state index in [0.717, 1.165) is 21.8 Å². The zero-order chi connectivity index (χ0) is 23.4. The van der Waals surface area contributed by atoms with Gasteiger partial charge in [-0.15, -0.1) is 11.3 Å². The number of sulfonamides is 1. The van der Waals surface area contributed by atoms with Crippen LogP contribution in [0, 0.1) is 12.8 Å². The fraction of sp³-hybridized carbons (Fsp3) is 0.333. The highest BCUT2D eigenvalue weighted by Crippen LogP contribution is 2.26. The van der Waals surface area contributed by atoms with E-state index in [0.29, 0.717) is 31.7 Å². The van der Waals surface area contributed by atoms with Gasteiger partial charge >= 0.3 is 0 Å². The van der Waals surface area contributed by atoms with Crippen molar-refractivity contribution in [3.63, 3.8) is 0 Å². The fourth-order valence-electron chi connectivity index (χ4n) is 3.89. The van der Waals surface area contributed by atoms with Crippen LogP contribution in [0.25, 0.3) is 11.3 Å². The minimum absolute atomic E-state index is 0.121. The van der Waals surface area contributed by atoms with Crippen molar-refractivity contribution in [2.24, 2.45) is 5.92 Å². The Kier molecular flexibility index (Phi) is 7.11. The number of thiazole rings is 1. The summed E-state index contributed by atoms with van der Waals surface area (Å²) < 4.78 is 32.6. The first kappa shape index (κ1) is 23.4. The number of hydrogen-bond acceptors (Lipinski definition) is 6. The van der Waals surface area contributed by atoms with Crippen LogP contribution in [0.15, 0.2) is 58.8 Å². The minimum atomic E-state index is -3.66. The molecule has 0 bridgehead atoms. The first-order valence-corrected chi connectivity index (χ1v) is 13.1. The summed E-state index contributed by atoms with van der Waals surface area (Å²) in [6, 6.07) is 14.3. The number of nitrogens with zero attached hydrogens (tertiary/aromatic N) is 2. The summed E-state index contributed by atoms with van der Waals surface area (Å²) in [5, 5.41) is 6.02. The zero-order valence-electron chi connectivity index (χ0n) is 18.7. The molecule has 2 aromatic carbocycles. The predicted octanol–water partition coefficient (Wildman–Crippen LogP) is 3.84. The van der Waals surface area contributed by atoms with Crippen LogP contribution >= 0.6 is 11.3 Å². The van der Waals surface area contributed by atoms with Gasteiger partial charge < -0.3 is 10.1 Å². The van der Waals surface area contributed by atoms with Crippen molar-refractivity contribution in [3.8, 4) is 17.0 Å². The third-order valence-corrected chi connectivity index (χ3v) is 8.44. The standard InChI is InChI=1S/C24H27N3O4S2/c1-17-26-23(16-32-17)19-7-5-18(6-8-19)14-25-24(28)20-4-3-13-27(15-20)33(29,30)22-11-9-21(31-2)10-12-22/h5-12,16,20H,3-4,13-15H2,1-2H3,(H,25,28). The van der Waals surface area contributed by atoms with E-state index < -0.39 is 10.0 Å². The number of benzene rings is 2. The summed E-state index contributed by atoms with van der Waals surface area (Å²) in [6.45, 7) is 2.97. The number of carbonyl (C=O) groups excluding carboxylic acids is 1. The third-order valence-electron chi connectivity index (χ3n) is 5.79. The second-order valence-corrected chi connectivity index (χ2v) is 11.0. The highest BCUT2D eigenvalue weighted by molar-refractivity contribution is 7.89. The van der Waals surface area contributed by atoms with Crippen molar-refractivity contribution in [3.05, 3.63) is 64.5 Å². The van der Waals surface area contributed by atoms with Crippen molar-refractivity contribution in [2.45, 2.75) is 31.2 Å². The molecule has 2 heterocycles. The summed E-state index contributed by atoms with van der Waals surface area (Å²) >= 11 is 1.61. The summed E-state index contributed by atoms with van der Waals surface area (Å²) in [7, 11) is -2.12. The molecule has 33 heavy (non-hydrogen) atoms. The Morgan fingerprint density at radius 1 is 1.18 bits per heavy atom. The van der Waals surface area contributed by atoms with Crippen LogP contribution < -0.4 is 10.1 Å². The van der Waals surface area contributed by atoms with Crippen LogP contribution in [0.5, 0.6) is 5.75 Å². The maximum absolute atomic E-state index is 13.0. The molecule has 0 spiro atoms. The summed E-state index contributed by atoms with van der Waals surface area (Å²) in [6.07, 6.45) is 1.32. The normalized spacial score (nSPS) is 17.0. The number of rotatable bonds is 7. The molecular weight excluding hydrogens is 458 g/mol. The lowest BCUT2D eigenvalue weighted by Crippen LogP contribution is -2.45. The average molecular weight is 486 g/mol. The lowest BCUT2D eigenvalue weighted by molar-refractivity contribution is -0.126. The van der Waals surface area contributed by atoms with Gasteiger partial charge in [-0.25, -0.2) is 13.4 Å². The van der Waals surface area contributed by atoms with E-state index in [1.807, 2.05) is 36.6 Å². The van der Waals surface area contributed by atoms with Gasteiger partial charge in [-0.3, -0.25) is 4.79 Å². The smallest absolute Gasteiger partial charge is 0.243 e. The molecule has 1 aromatic heterocycles. The van der Waals surface area contributed by atoms with E-state index in [1.165, 1.54) is 23.5 Å². The number of aryl methyl sites for hydroxylation is 1. The summed E-state index contributed by atoms with van der Waals surface area (Å²) in [5.74, 6) is 0.104. The highest BCUT2D eigenvalue weighted by atomic mass is 32.2. The van der Waals surface area contributed by atoms with E-state index in [-0.39, 0.29) is 23.3 Å². The predicted molar refractivity (Wildman–Crippen MR) is 129 cm³/mol. The van der Waals surface area contributed by atoms with Gasteiger partial charge in [-0.05, 0) is 49.6 Å². The largest absolute Gasteiger partial charge is 0.497 e. The Bertz CT molecular complexity index is 1210. The van der Waals surface area contributed by atoms with Crippen LogP contribution in [0.3, 0.4) is 0 Å². The van der Waals surface area contributed by atoms with Gasteiger partial charge in [0.25, 0.3) is 0 Å². The fourth-order valence-corrected chi connectivity index (χ4v) is 6.04. The number of carbonyl (C=O) groups is 1. The molecule has 1 N–H and O–H groups in total. The van der Waals surface area contributed by atoms with Crippen LogP contribution in [-0.2, 0) is 21.4 Å². The Balaban J connectivity index is 1.35. The Morgan fingerprint density at radius 2 is 1.91 bits per heavy atom. The molecule has 0 saturated carbocycles. The quantitative estimate of drug-likeness (QED) is 0.549. The Hall–Kier alpha value is -2.75. The van der Waals surface area contributed by atoms with E-state index >= 15 is 0 Å². The van der Waals surface area contributed by atoms with E-state index in [1.54, 1.807) is 23.5 Å². The Labute approximate surface area is 198 Å². The van der Waals surface area contributed by atoms with Gasteiger partial charge in [-0.1, -0.05) is 24.3 Å². The summed E-state index contributed by atoms with van der Waals surface area (Å²) in [5.41, 5.74) is 2.98. The molecule has 1 aliphatic rings. The van der Waals surface area contributed by atoms with Gasteiger partial charge in [0.05, 0.1) is 28.6 Å². The van der Waals surface area contributed by atoms with Crippen LogP contribution in [-0.4, -0.2) is 43.8 Å². The third kappa shape index (κ3) is 5.43. The monoisotopic (exact) mass is 485 g/mol. The molecule has 4 rings (SSSR count).